The number of carbonyl (C=O) groups is 1. The van der Waals surface area contributed by atoms with Crippen molar-refractivity contribution in [2.75, 3.05) is 13.7 Å². The van der Waals surface area contributed by atoms with Crippen LogP contribution in [0.3, 0.4) is 0 Å². The summed E-state index contributed by atoms with van der Waals surface area (Å²) in [5.41, 5.74) is 5.27. The fourth-order valence-corrected chi connectivity index (χ4v) is 0.743. The fraction of sp³-hybridized carbons (Fsp3) is 0.857. The normalized spacial score (nSPS) is 12.7. The molecule has 3 heteroatoms. The molecule has 0 bridgehead atoms. The van der Waals surface area contributed by atoms with E-state index >= 15 is 0 Å². The zero-order valence-corrected chi connectivity index (χ0v) is 6.59. The molecular weight excluding hydrogens is 130 g/mol. The third kappa shape index (κ3) is 3.45. The number of methoxy groups -OCH3 is 1. The lowest BCUT2D eigenvalue weighted by Gasteiger charge is -2.06. The summed E-state index contributed by atoms with van der Waals surface area (Å²) in [4.78, 5) is 10.8. The smallest absolute Gasteiger partial charge is 0.308 e. The van der Waals surface area contributed by atoms with E-state index in [1.165, 1.54) is 7.11 Å². The summed E-state index contributed by atoms with van der Waals surface area (Å²) in [5.74, 6) is -0.151. The Hall–Kier alpha value is -0.570. The molecule has 0 aliphatic heterocycles. The first-order valence-corrected chi connectivity index (χ1v) is 3.50. The molecule has 0 unspecified atom stereocenters. The lowest BCUT2D eigenvalue weighted by molar-refractivity contribution is -0.145. The van der Waals surface area contributed by atoms with Gasteiger partial charge in [-0.2, -0.15) is 0 Å². The maximum absolute atomic E-state index is 10.8. The Morgan fingerprint density at radius 2 is 2.30 bits per heavy atom. The second-order valence-electron chi connectivity index (χ2n) is 2.36. The highest BCUT2D eigenvalue weighted by atomic mass is 16.5. The van der Waals surface area contributed by atoms with Crippen LogP contribution in [0.4, 0.5) is 0 Å². The van der Waals surface area contributed by atoms with Crippen molar-refractivity contribution >= 4 is 5.97 Å². The molecule has 0 amide bonds. The summed E-state index contributed by atoms with van der Waals surface area (Å²) in [7, 11) is 1.40. The Balaban J connectivity index is 3.41. The van der Waals surface area contributed by atoms with Gasteiger partial charge in [-0.1, -0.05) is 6.92 Å². The van der Waals surface area contributed by atoms with Crippen LogP contribution in [0.5, 0.6) is 0 Å². The summed E-state index contributed by atoms with van der Waals surface area (Å²) < 4.78 is 4.53. The van der Waals surface area contributed by atoms with E-state index in [-0.39, 0.29) is 11.9 Å². The quantitative estimate of drug-likeness (QED) is 0.587. The van der Waals surface area contributed by atoms with Crippen LogP contribution in [-0.4, -0.2) is 19.6 Å². The van der Waals surface area contributed by atoms with E-state index in [4.69, 9.17) is 5.73 Å². The number of carbonyl (C=O) groups excluding carboxylic acids is 1. The zero-order chi connectivity index (χ0) is 7.98. The van der Waals surface area contributed by atoms with Crippen molar-refractivity contribution < 1.29 is 9.53 Å². The van der Waals surface area contributed by atoms with Gasteiger partial charge in [-0.05, 0) is 19.4 Å². The second-order valence-corrected chi connectivity index (χ2v) is 2.36. The van der Waals surface area contributed by atoms with Crippen LogP contribution in [0.1, 0.15) is 19.8 Å². The molecule has 0 spiro atoms. The Labute approximate surface area is 61.5 Å². The van der Waals surface area contributed by atoms with Crippen LogP contribution < -0.4 is 5.73 Å². The molecular formula is C7H15NO2. The molecule has 2 N–H and O–H groups in total. The Morgan fingerprint density at radius 3 is 2.70 bits per heavy atom. The van der Waals surface area contributed by atoms with Crippen molar-refractivity contribution in [2.45, 2.75) is 19.8 Å². The summed E-state index contributed by atoms with van der Waals surface area (Å²) in [6.07, 6.45) is 1.71. The predicted octanol–water partition coefficient (Wildman–Crippen LogP) is 0.534. The molecule has 0 radical (unpaired) electrons. The molecule has 60 valence electrons. The lowest BCUT2D eigenvalue weighted by Crippen LogP contribution is -2.14. The number of hydrogen-bond acceptors (Lipinski definition) is 3. The van der Waals surface area contributed by atoms with E-state index in [1.54, 1.807) is 0 Å². The third-order valence-corrected chi connectivity index (χ3v) is 1.44. The minimum Gasteiger partial charge on any atom is -0.469 e. The maximum Gasteiger partial charge on any atom is 0.308 e. The maximum atomic E-state index is 10.8. The van der Waals surface area contributed by atoms with E-state index < -0.39 is 0 Å². The van der Waals surface area contributed by atoms with Crippen LogP contribution in [0.15, 0.2) is 0 Å². The molecule has 0 saturated carbocycles. The third-order valence-electron chi connectivity index (χ3n) is 1.44. The summed E-state index contributed by atoms with van der Waals surface area (Å²) >= 11 is 0. The summed E-state index contributed by atoms with van der Waals surface area (Å²) in [6, 6.07) is 0. The van der Waals surface area contributed by atoms with Crippen LogP contribution in [0.2, 0.25) is 0 Å². The van der Waals surface area contributed by atoms with E-state index in [1.807, 2.05) is 6.92 Å². The molecule has 0 aromatic rings. The van der Waals surface area contributed by atoms with Gasteiger partial charge < -0.3 is 10.5 Å². The van der Waals surface area contributed by atoms with E-state index in [0.29, 0.717) is 6.54 Å². The average molecular weight is 145 g/mol. The monoisotopic (exact) mass is 145 g/mol. The highest BCUT2D eigenvalue weighted by Crippen LogP contribution is 2.05. The Morgan fingerprint density at radius 1 is 1.70 bits per heavy atom. The van der Waals surface area contributed by atoms with Crippen LogP contribution in [0.25, 0.3) is 0 Å². The number of esters is 1. The zero-order valence-electron chi connectivity index (χ0n) is 6.59. The number of nitrogens with two attached hydrogens (primary N) is 1. The SMILES string of the molecule is COC(=O)[C@H](C)CCCN. The molecule has 0 saturated heterocycles. The molecule has 10 heavy (non-hydrogen) atoms. The molecule has 0 heterocycles. The first-order chi connectivity index (χ1) is 4.72. The van der Waals surface area contributed by atoms with Gasteiger partial charge in [0, 0.05) is 0 Å². The lowest BCUT2D eigenvalue weighted by atomic mass is 10.1. The molecule has 0 fully saturated rings. The highest BCUT2D eigenvalue weighted by molar-refractivity contribution is 5.71. The first-order valence-electron chi connectivity index (χ1n) is 3.50. The van der Waals surface area contributed by atoms with Gasteiger partial charge in [-0.25, -0.2) is 0 Å². The summed E-state index contributed by atoms with van der Waals surface area (Å²) in [6.45, 7) is 2.49. The fourth-order valence-electron chi connectivity index (χ4n) is 0.743. The number of ether oxygens (including phenoxy) is 1. The number of rotatable bonds is 4. The molecule has 1 atom stereocenters. The number of hydrogen-bond donors (Lipinski definition) is 1. The molecule has 0 rings (SSSR count). The molecule has 3 nitrogen and oxygen atoms in total. The largest absolute Gasteiger partial charge is 0.469 e. The van der Waals surface area contributed by atoms with Crippen LogP contribution >= 0.6 is 0 Å². The molecule has 0 aliphatic carbocycles. The van der Waals surface area contributed by atoms with Gasteiger partial charge in [-0.15, -0.1) is 0 Å². The van der Waals surface area contributed by atoms with Gasteiger partial charge in [0.1, 0.15) is 0 Å². The second kappa shape index (κ2) is 5.23. The van der Waals surface area contributed by atoms with Gasteiger partial charge in [0.2, 0.25) is 0 Å². The van der Waals surface area contributed by atoms with Gasteiger partial charge in [0.25, 0.3) is 0 Å². The van der Waals surface area contributed by atoms with Gasteiger partial charge >= 0.3 is 5.97 Å². The van der Waals surface area contributed by atoms with Crippen LogP contribution in [0, 0.1) is 5.92 Å². The Kier molecular flexibility index (Phi) is 4.94. The topological polar surface area (TPSA) is 52.3 Å². The van der Waals surface area contributed by atoms with Crippen molar-refractivity contribution in [3.05, 3.63) is 0 Å². The Bertz CT molecular complexity index is 104. The van der Waals surface area contributed by atoms with Crippen molar-refractivity contribution in [3.8, 4) is 0 Å². The molecule has 0 aromatic carbocycles. The van der Waals surface area contributed by atoms with Crippen molar-refractivity contribution in [2.24, 2.45) is 11.7 Å². The van der Waals surface area contributed by atoms with E-state index in [9.17, 15) is 4.79 Å². The minimum absolute atomic E-state index is 0.00597. The highest BCUT2D eigenvalue weighted by Gasteiger charge is 2.10. The van der Waals surface area contributed by atoms with Gasteiger partial charge in [0.15, 0.2) is 0 Å². The van der Waals surface area contributed by atoms with E-state index in [2.05, 4.69) is 4.74 Å². The summed E-state index contributed by atoms with van der Waals surface area (Å²) in [5, 5.41) is 0. The van der Waals surface area contributed by atoms with Crippen molar-refractivity contribution in [1.29, 1.82) is 0 Å². The van der Waals surface area contributed by atoms with Crippen molar-refractivity contribution in [1.82, 2.24) is 0 Å². The molecule has 0 aromatic heterocycles. The van der Waals surface area contributed by atoms with Crippen LogP contribution in [-0.2, 0) is 9.53 Å². The molecule has 0 aliphatic rings. The standard InChI is InChI=1S/C7H15NO2/c1-6(4-3-5-8)7(9)10-2/h6H,3-5,8H2,1-2H3/t6-/m1/s1. The average Bonchev–Trinajstić information content (AvgIpc) is 1.98. The van der Waals surface area contributed by atoms with E-state index in [0.717, 1.165) is 12.8 Å². The first kappa shape index (κ1) is 9.43. The van der Waals surface area contributed by atoms with Gasteiger partial charge in [-0.3, -0.25) is 4.79 Å². The predicted molar refractivity (Wildman–Crippen MR) is 39.5 cm³/mol. The van der Waals surface area contributed by atoms with Crippen molar-refractivity contribution in [3.63, 3.8) is 0 Å². The van der Waals surface area contributed by atoms with Gasteiger partial charge in [0.05, 0.1) is 13.0 Å². The minimum atomic E-state index is -0.145.